The summed E-state index contributed by atoms with van der Waals surface area (Å²) in [6.45, 7) is 0.710. The van der Waals surface area contributed by atoms with E-state index in [4.69, 9.17) is 9.52 Å². The molecule has 0 radical (unpaired) electrons. The summed E-state index contributed by atoms with van der Waals surface area (Å²) in [4.78, 5) is 24.1. The van der Waals surface area contributed by atoms with Crippen LogP contribution in [0.15, 0.2) is 16.7 Å². The van der Waals surface area contributed by atoms with Crippen molar-refractivity contribution in [3.63, 3.8) is 0 Å². The third-order valence-electron chi connectivity index (χ3n) is 3.16. The highest BCUT2D eigenvalue weighted by molar-refractivity contribution is 5.95. The van der Waals surface area contributed by atoms with Gasteiger partial charge in [-0.3, -0.25) is 4.79 Å². The molecule has 92 valence electrons. The number of nitrogens with zero attached hydrogens (tertiary/aromatic N) is 1. The molecule has 1 aromatic rings. The number of hydrogen-bond donors (Lipinski definition) is 1. The Morgan fingerprint density at radius 1 is 1.53 bits per heavy atom. The van der Waals surface area contributed by atoms with E-state index in [1.165, 1.54) is 12.5 Å². The zero-order valence-electron chi connectivity index (χ0n) is 9.68. The van der Waals surface area contributed by atoms with Crippen LogP contribution in [-0.2, 0) is 0 Å². The number of carboxylic acid groups (broad SMARTS) is 1. The summed E-state index contributed by atoms with van der Waals surface area (Å²) >= 11 is 0. The first-order valence-electron chi connectivity index (χ1n) is 5.65. The van der Waals surface area contributed by atoms with Gasteiger partial charge in [-0.2, -0.15) is 0 Å². The molecule has 1 heterocycles. The average Bonchev–Trinajstić information content (AvgIpc) is 2.71. The lowest BCUT2D eigenvalue weighted by Gasteiger charge is -2.29. The second kappa shape index (κ2) is 4.61. The number of carboxylic acids is 1. The van der Waals surface area contributed by atoms with Gasteiger partial charge in [-0.05, 0) is 18.8 Å². The maximum atomic E-state index is 11.9. The van der Waals surface area contributed by atoms with Gasteiger partial charge in [0, 0.05) is 19.7 Å². The Morgan fingerprint density at radius 3 is 2.71 bits per heavy atom. The average molecular weight is 237 g/mol. The molecule has 2 rings (SSSR count). The predicted molar refractivity (Wildman–Crippen MR) is 60.0 cm³/mol. The second-order valence-electron chi connectivity index (χ2n) is 4.49. The minimum Gasteiger partial charge on any atom is -0.478 e. The van der Waals surface area contributed by atoms with Crippen LogP contribution in [-0.4, -0.2) is 35.5 Å². The van der Waals surface area contributed by atoms with Gasteiger partial charge in [-0.25, -0.2) is 4.79 Å². The Bertz CT molecular complexity index is 433. The molecule has 0 bridgehead atoms. The molecule has 0 saturated heterocycles. The van der Waals surface area contributed by atoms with Crippen molar-refractivity contribution < 1.29 is 19.1 Å². The molecule has 0 aliphatic heterocycles. The summed E-state index contributed by atoms with van der Waals surface area (Å²) in [5.74, 6) is -0.680. The van der Waals surface area contributed by atoms with Gasteiger partial charge in [-0.15, -0.1) is 0 Å². The SMILES string of the molecule is CN(CC1CCC1)C(=O)c1cc(C(=O)O)co1. The quantitative estimate of drug-likeness (QED) is 0.867. The van der Waals surface area contributed by atoms with E-state index in [0.29, 0.717) is 12.5 Å². The van der Waals surface area contributed by atoms with Gasteiger partial charge in [0.25, 0.3) is 5.91 Å². The van der Waals surface area contributed by atoms with Crippen LogP contribution in [0.2, 0.25) is 0 Å². The van der Waals surface area contributed by atoms with Crippen molar-refractivity contribution in [2.75, 3.05) is 13.6 Å². The number of amides is 1. The highest BCUT2D eigenvalue weighted by atomic mass is 16.4. The normalized spacial score (nSPS) is 15.4. The summed E-state index contributed by atoms with van der Waals surface area (Å²) in [5.41, 5.74) is 0.00499. The molecule has 1 aliphatic carbocycles. The second-order valence-corrected chi connectivity index (χ2v) is 4.49. The van der Waals surface area contributed by atoms with E-state index in [1.807, 2.05) is 0 Å². The number of furan rings is 1. The lowest BCUT2D eigenvalue weighted by Crippen LogP contribution is -2.34. The van der Waals surface area contributed by atoms with Crippen molar-refractivity contribution in [1.29, 1.82) is 0 Å². The molecule has 1 saturated carbocycles. The van der Waals surface area contributed by atoms with Crippen LogP contribution in [0.25, 0.3) is 0 Å². The standard InChI is InChI=1S/C12H15NO4/c1-13(6-8-3-2-4-8)11(14)10-5-9(7-17-10)12(15)16/h5,7-8H,2-4,6H2,1H3,(H,15,16). The Kier molecular flexibility index (Phi) is 3.17. The molecule has 0 aromatic carbocycles. The van der Waals surface area contributed by atoms with Gasteiger partial charge < -0.3 is 14.4 Å². The molecule has 0 unspecified atom stereocenters. The summed E-state index contributed by atoms with van der Waals surface area (Å²) < 4.78 is 4.97. The van der Waals surface area contributed by atoms with E-state index in [2.05, 4.69) is 0 Å². The van der Waals surface area contributed by atoms with E-state index in [1.54, 1.807) is 11.9 Å². The molecule has 1 fully saturated rings. The summed E-state index contributed by atoms with van der Waals surface area (Å²) in [7, 11) is 1.71. The number of aromatic carboxylic acids is 1. The van der Waals surface area contributed by atoms with Gasteiger partial charge in [0.05, 0.1) is 5.56 Å². The lowest BCUT2D eigenvalue weighted by molar-refractivity contribution is 0.0693. The summed E-state index contributed by atoms with van der Waals surface area (Å²) in [6.07, 6.45) is 4.65. The van der Waals surface area contributed by atoms with E-state index in [0.717, 1.165) is 19.1 Å². The van der Waals surface area contributed by atoms with Crippen molar-refractivity contribution in [2.45, 2.75) is 19.3 Å². The maximum absolute atomic E-state index is 11.9. The lowest BCUT2D eigenvalue weighted by atomic mass is 9.85. The van der Waals surface area contributed by atoms with Crippen LogP contribution in [0.4, 0.5) is 0 Å². The number of rotatable bonds is 4. The minimum atomic E-state index is -1.09. The van der Waals surface area contributed by atoms with Crippen molar-refractivity contribution in [2.24, 2.45) is 5.92 Å². The number of carbonyl (C=O) groups excluding carboxylic acids is 1. The van der Waals surface area contributed by atoms with Crippen molar-refractivity contribution in [1.82, 2.24) is 4.90 Å². The van der Waals surface area contributed by atoms with E-state index < -0.39 is 5.97 Å². The number of carbonyl (C=O) groups is 2. The van der Waals surface area contributed by atoms with Gasteiger partial charge in [0.2, 0.25) is 0 Å². The zero-order valence-corrected chi connectivity index (χ0v) is 9.68. The molecule has 1 aliphatic rings. The van der Waals surface area contributed by atoms with E-state index in [-0.39, 0.29) is 17.2 Å². The van der Waals surface area contributed by atoms with Crippen LogP contribution >= 0.6 is 0 Å². The first-order valence-corrected chi connectivity index (χ1v) is 5.65. The van der Waals surface area contributed by atoms with Gasteiger partial charge in [0.1, 0.15) is 6.26 Å². The largest absolute Gasteiger partial charge is 0.478 e. The highest BCUT2D eigenvalue weighted by Crippen LogP contribution is 2.27. The smallest absolute Gasteiger partial charge is 0.338 e. The fraction of sp³-hybridized carbons (Fsp3) is 0.500. The summed E-state index contributed by atoms with van der Waals surface area (Å²) in [5, 5.41) is 8.73. The molecule has 0 spiro atoms. The van der Waals surface area contributed by atoms with E-state index in [9.17, 15) is 9.59 Å². The summed E-state index contributed by atoms with van der Waals surface area (Å²) in [6, 6.07) is 1.27. The molecule has 17 heavy (non-hydrogen) atoms. The van der Waals surface area contributed by atoms with Crippen molar-refractivity contribution in [3.05, 3.63) is 23.7 Å². The van der Waals surface area contributed by atoms with E-state index >= 15 is 0 Å². The van der Waals surface area contributed by atoms with Gasteiger partial charge in [-0.1, -0.05) is 6.42 Å². The Labute approximate surface area is 99.0 Å². The van der Waals surface area contributed by atoms with Gasteiger partial charge in [0.15, 0.2) is 5.76 Å². The fourth-order valence-corrected chi connectivity index (χ4v) is 1.89. The molecule has 0 atom stereocenters. The van der Waals surface area contributed by atoms with Crippen LogP contribution < -0.4 is 0 Å². The molecule has 5 nitrogen and oxygen atoms in total. The zero-order chi connectivity index (χ0) is 12.4. The molecule has 1 aromatic heterocycles. The molecule has 1 amide bonds. The predicted octanol–water partition coefficient (Wildman–Crippen LogP) is 1.85. The monoisotopic (exact) mass is 237 g/mol. The first-order chi connectivity index (χ1) is 8.08. The third-order valence-corrected chi connectivity index (χ3v) is 3.16. The molecular weight excluding hydrogens is 222 g/mol. The van der Waals surface area contributed by atoms with Gasteiger partial charge >= 0.3 is 5.97 Å². The van der Waals surface area contributed by atoms with Crippen LogP contribution in [0, 0.1) is 5.92 Å². The van der Waals surface area contributed by atoms with Crippen LogP contribution in [0.3, 0.4) is 0 Å². The first kappa shape index (κ1) is 11.7. The topological polar surface area (TPSA) is 70.8 Å². The fourth-order valence-electron chi connectivity index (χ4n) is 1.89. The number of hydrogen-bond acceptors (Lipinski definition) is 3. The van der Waals surface area contributed by atoms with Crippen LogP contribution in [0.1, 0.15) is 40.2 Å². The maximum Gasteiger partial charge on any atom is 0.338 e. The van der Waals surface area contributed by atoms with Crippen LogP contribution in [0.5, 0.6) is 0 Å². The third kappa shape index (κ3) is 2.49. The highest BCUT2D eigenvalue weighted by Gasteiger charge is 2.24. The Balaban J connectivity index is 1.99. The van der Waals surface area contributed by atoms with Crippen molar-refractivity contribution in [3.8, 4) is 0 Å². The molecule has 1 N–H and O–H groups in total. The molecular formula is C12H15NO4. The Morgan fingerprint density at radius 2 is 2.24 bits per heavy atom. The van der Waals surface area contributed by atoms with Crippen molar-refractivity contribution >= 4 is 11.9 Å². The molecule has 5 heteroatoms. The minimum absolute atomic E-state index is 0.00499. The Hall–Kier alpha value is -1.78.